The summed E-state index contributed by atoms with van der Waals surface area (Å²) in [5, 5.41) is 0.556. The van der Waals surface area contributed by atoms with E-state index in [0.29, 0.717) is 24.1 Å². The number of hydrogen-bond donors (Lipinski definition) is 0. The quantitative estimate of drug-likeness (QED) is 0.857. The number of pyridine rings is 1. The van der Waals surface area contributed by atoms with Crippen molar-refractivity contribution < 1.29 is 14.3 Å². The fourth-order valence-corrected chi connectivity index (χ4v) is 3.17. The van der Waals surface area contributed by atoms with Crippen molar-refractivity contribution in [2.45, 2.75) is 12.3 Å². The number of ether oxygens (including phenoxy) is 2. The third-order valence-electron chi connectivity index (χ3n) is 4.49. The third kappa shape index (κ3) is 2.80. The number of aromatic nitrogens is 1. The van der Waals surface area contributed by atoms with Crippen LogP contribution in [0.5, 0.6) is 11.5 Å². The van der Waals surface area contributed by atoms with E-state index in [2.05, 4.69) is 4.98 Å². The van der Waals surface area contributed by atoms with Crippen molar-refractivity contribution in [3.63, 3.8) is 0 Å². The van der Waals surface area contributed by atoms with Gasteiger partial charge < -0.3 is 9.47 Å². The average Bonchev–Trinajstić information content (AvgIpc) is 3.41. The smallest absolute Gasteiger partial charge is 0.231 e. The summed E-state index contributed by atoms with van der Waals surface area (Å²) in [7, 11) is 1.75. The number of rotatable bonds is 3. The van der Waals surface area contributed by atoms with Crippen LogP contribution in [0.25, 0.3) is 0 Å². The molecule has 1 fully saturated rings. The molecule has 2 aliphatic rings. The maximum absolute atomic E-state index is 12.7. The molecule has 1 aromatic heterocycles. The molecule has 2 heterocycles. The van der Waals surface area contributed by atoms with Gasteiger partial charge in [0.1, 0.15) is 19.0 Å². The van der Waals surface area contributed by atoms with Crippen molar-refractivity contribution in [2.75, 3.05) is 25.2 Å². The maximum atomic E-state index is 12.7. The van der Waals surface area contributed by atoms with Crippen LogP contribution < -0.4 is 14.4 Å². The van der Waals surface area contributed by atoms with Gasteiger partial charge in [-0.15, -0.1) is 0 Å². The van der Waals surface area contributed by atoms with Gasteiger partial charge in [0.25, 0.3) is 0 Å². The number of benzene rings is 1. The number of amides is 1. The molecular formula is C18H17ClN2O3. The summed E-state index contributed by atoms with van der Waals surface area (Å²) in [5.41, 5.74) is 1.12. The molecule has 0 N–H and O–H groups in total. The van der Waals surface area contributed by atoms with Crippen LogP contribution in [-0.4, -0.2) is 31.2 Å². The van der Waals surface area contributed by atoms with Crippen LogP contribution in [0.2, 0.25) is 5.02 Å². The zero-order chi connectivity index (χ0) is 16.7. The Morgan fingerprint density at radius 2 is 2.00 bits per heavy atom. The van der Waals surface area contributed by atoms with Crippen molar-refractivity contribution in [3.8, 4) is 11.5 Å². The summed E-state index contributed by atoms with van der Waals surface area (Å²) in [6.07, 6.45) is 2.39. The highest BCUT2D eigenvalue weighted by Crippen LogP contribution is 2.50. The van der Waals surface area contributed by atoms with Gasteiger partial charge >= 0.3 is 0 Å². The summed E-state index contributed by atoms with van der Waals surface area (Å²) in [4.78, 5) is 18.5. The third-order valence-corrected chi connectivity index (χ3v) is 4.71. The van der Waals surface area contributed by atoms with E-state index >= 15 is 0 Å². The van der Waals surface area contributed by atoms with Crippen molar-refractivity contribution in [1.82, 2.24) is 4.98 Å². The van der Waals surface area contributed by atoms with Gasteiger partial charge in [0.15, 0.2) is 11.5 Å². The van der Waals surface area contributed by atoms with Crippen LogP contribution in [0.3, 0.4) is 0 Å². The monoisotopic (exact) mass is 344 g/mol. The molecule has 4 rings (SSSR count). The normalized spacial score (nSPS) is 21.2. The minimum atomic E-state index is -0.0185. The van der Waals surface area contributed by atoms with Crippen LogP contribution in [0, 0.1) is 5.92 Å². The molecule has 6 heteroatoms. The molecular weight excluding hydrogens is 328 g/mol. The molecule has 24 heavy (non-hydrogen) atoms. The van der Waals surface area contributed by atoms with Gasteiger partial charge in [-0.3, -0.25) is 9.69 Å². The van der Waals surface area contributed by atoms with Crippen LogP contribution in [0.1, 0.15) is 17.9 Å². The van der Waals surface area contributed by atoms with Gasteiger partial charge in [-0.1, -0.05) is 17.7 Å². The second kappa shape index (κ2) is 5.98. The Labute approximate surface area is 145 Å². The van der Waals surface area contributed by atoms with Crippen molar-refractivity contribution in [1.29, 1.82) is 0 Å². The molecule has 0 bridgehead atoms. The Balaban J connectivity index is 1.47. The molecule has 1 amide bonds. The lowest BCUT2D eigenvalue weighted by atomic mass is 10.1. The van der Waals surface area contributed by atoms with E-state index in [1.807, 2.05) is 18.2 Å². The van der Waals surface area contributed by atoms with Gasteiger partial charge in [-0.25, -0.2) is 4.98 Å². The van der Waals surface area contributed by atoms with Gasteiger partial charge in [-0.05, 0) is 42.2 Å². The molecule has 124 valence electrons. The molecule has 1 aliphatic carbocycles. The van der Waals surface area contributed by atoms with Crippen LogP contribution >= 0.6 is 11.6 Å². The van der Waals surface area contributed by atoms with E-state index in [1.54, 1.807) is 30.3 Å². The SMILES string of the molecule is CN(C(=O)[C@H]1C[C@@H]1c1ccc2c(c1)OCCO2)c1ccc(Cl)cn1. The minimum absolute atomic E-state index is 0.0185. The fraction of sp³-hybridized carbons (Fsp3) is 0.333. The number of carbonyl (C=O) groups excluding carboxylic acids is 1. The minimum Gasteiger partial charge on any atom is -0.486 e. The molecule has 1 saturated carbocycles. The zero-order valence-electron chi connectivity index (χ0n) is 13.2. The average molecular weight is 345 g/mol. The Morgan fingerprint density at radius 1 is 1.21 bits per heavy atom. The Hall–Kier alpha value is -2.27. The largest absolute Gasteiger partial charge is 0.486 e. The number of nitrogens with zero attached hydrogens (tertiary/aromatic N) is 2. The van der Waals surface area contributed by atoms with Gasteiger partial charge in [0, 0.05) is 19.2 Å². The predicted octanol–water partition coefficient (Wildman–Crippen LogP) is 3.27. The first-order valence-electron chi connectivity index (χ1n) is 7.92. The highest BCUT2D eigenvalue weighted by molar-refractivity contribution is 6.30. The number of halogens is 1. The second-order valence-electron chi connectivity index (χ2n) is 6.08. The Bertz CT molecular complexity index is 778. The standard InChI is InChI=1S/C18H17ClN2O3/c1-21(17-5-3-12(19)10-20-17)18(22)14-9-13(14)11-2-4-15-16(8-11)24-7-6-23-15/h2-5,8,10,13-14H,6-7,9H2,1H3/t13-,14+/m1/s1. The molecule has 2 aromatic rings. The first kappa shape index (κ1) is 15.3. The number of anilines is 1. The topological polar surface area (TPSA) is 51.7 Å². The molecule has 2 atom stereocenters. The van der Waals surface area contributed by atoms with Gasteiger partial charge in [0.2, 0.25) is 5.91 Å². The number of carbonyl (C=O) groups is 1. The highest BCUT2D eigenvalue weighted by atomic mass is 35.5. The molecule has 0 saturated heterocycles. The highest BCUT2D eigenvalue weighted by Gasteiger charge is 2.45. The summed E-state index contributed by atoms with van der Waals surface area (Å²) in [6.45, 7) is 1.14. The summed E-state index contributed by atoms with van der Waals surface area (Å²) < 4.78 is 11.2. The first-order valence-corrected chi connectivity index (χ1v) is 8.30. The van der Waals surface area contributed by atoms with Crippen LogP contribution in [-0.2, 0) is 4.79 Å². The van der Waals surface area contributed by atoms with E-state index in [9.17, 15) is 4.79 Å². The summed E-state index contributed by atoms with van der Waals surface area (Å²) in [5.74, 6) is 2.43. The van der Waals surface area contributed by atoms with E-state index < -0.39 is 0 Å². The molecule has 0 radical (unpaired) electrons. The Morgan fingerprint density at radius 3 is 2.75 bits per heavy atom. The van der Waals surface area contributed by atoms with E-state index in [0.717, 1.165) is 23.5 Å². The van der Waals surface area contributed by atoms with E-state index in [1.165, 1.54) is 0 Å². The fourth-order valence-electron chi connectivity index (χ4n) is 3.05. The lowest BCUT2D eigenvalue weighted by Crippen LogP contribution is -2.28. The van der Waals surface area contributed by atoms with E-state index in [4.69, 9.17) is 21.1 Å². The van der Waals surface area contributed by atoms with Gasteiger partial charge in [-0.2, -0.15) is 0 Å². The van der Waals surface area contributed by atoms with Gasteiger partial charge in [0.05, 0.1) is 5.02 Å². The zero-order valence-corrected chi connectivity index (χ0v) is 14.0. The first-order chi connectivity index (χ1) is 11.6. The lowest BCUT2D eigenvalue weighted by molar-refractivity contribution is -0.119. The molecule has 1 aromatic carbocycles. The second-order valence-corrected chi connectivity index (χ2v) is 6.52. The predicted molar refractivity (Wildman–Crippen MR) is 90.9 cm³/mol. The Kier molecular flexibility index (Phi) is 3.81. The lowest BCUT2D eigenvalue weighted by Gasteiger charge is -2.19. The molecule has 0 unspecified atom stereocenters. The molecule has 0 spiro atoms. The maximum Gasteiger partial charge on any atom is 0.231 e. The molecule has 1 aliphatic heterocycles. The number of hydrogen-bond acceptors (Lipinski definition) is 4. The van der Waals surface area contributed by atoms with Crippen LogP contribution in [0.4, 0.5) is 5.82 Å². The van der Waals surface area contributed by atoms with Crippen molar-refractivity contribution in [2.24, 2.45) is 5.92 Å². The summed E-state index contributed by atoms with van der Waals surface area (Å²) in [6, 6.07) is 9.42. The van der Waals surface area contributed by atoms with E-state index in [-0.39, 0.29) is 17.7 Å². The van der Waals surface area contributed by atoms with Crippen LogP contribution in [0.15, 0.2) is 36.5 Å². The van der Waals surface area contributed by atoms with Crippen molar-refractivity contribution >= 4 is 23.3 Å². The number of fused-ring (bicyclic) bond motifs is 1. The van der Waals surface area contributed by atoms with Crippen molar-refractivity contribution in [3.05, 3.63) is 47.1 Å². The molecule has 5 nitrogen and oxygen atoms in total. The summed E-state index contributed by atoms with van der Waals surface area (Å²) >= 11 is 5.84.